The number of hydrogen-bond acceptors (Lipinski definition) is 7. The van der Waals surface area contributed by atoms with Crippen LogP contribution < -0.4 is 0 Å². The van der Waals surface area contributed by atoms with Gasteiger partial charge in [0.2, 0.25) is 0 Å². The van der Waals surface area contributed by atoms with Gasteiger partial charge in [-0.1, -0.05) is 31.9 Å². The topological polar surface area (TPSA) is 72.3 Å². The number of nitrogens with zero attached hydrogens (tertiary/aromatic N) is 2. The molecule has 2 aromatic carbocycles. The number of aliphatic hydroxyl groups excluding tert-OH is 1. The average Bonchev–Trinajstić information content (AvgIpc) is 3.24. The van der Waals surface area contributed by atoms with Crippen molar-refractivity contribution >= 4 is 81.1 Å². The maximum absolute atomic E-state index is 11.3. The van der Waals surface area contributed by atoms with Crippen LogP contribution in [-0.4, -0.2) is 26.9 Å². The van der Waals surface area contributed by atoms with Crippen molar-refractivity contribution in [3.63, 3.8) is 0 Å². The molecular weight excluding hydrogens is 504 g/mol. The van der Waals surface area contributed by atoms with Crippen molar-refractivity contribution < 1.29 is 14.6 Å². The Balaban J connectivity index is 0.000000152. The molecule has 4 aromatic rings. The molecule has 0 spiro atoms. The average molecular weight is 516 g/mol. The first-order chi connectivity index (χ1) is 12.5. The van der Waals surface area contributed by atoms with Crippen molar-refractivity contribution in [2.24, 2.45) is 0 Å². The molecule has 0 radical (unpaired) electrons. The third-order valence-electron chi connectivity index (χ3n) is 3.47. The third-order valence-corrected chi connectivity index (χ3v) is 6.14. The molecule has 4 rings (SSSR count). The van der Waals surface area contributed by atoms with Gasteiger partial charge in [-0.05, 0) is 59.5 Å². The second-order valence-electron chi connectivity index (χ2n) is 5.09. The zero-order valence-corrected chi connectivity index (χ0v) is 18.2. The van der Waals surface area contributed by atoms with Crippen LogP contribution in [0, 0.1) is 0 Å². The summed E-state index contributed by atoms with van der Waals surface area (Å²) in [6.45, 7) is 0.0104. The number of ether oxygens (including phenoxy) is 1. The van der Waals surface area contributed by atoms with Crippen LogP contribution in [0.3, 0.4) is 0 Å². The van der Waals surface area contributed by atoms with Crippen LogP contribution in [-0.2, 0) is 11.3 Å². The van der Waals surface area contributed by atoms with E-state index < -0.39 is 5.97 Å². The summed E-state index contributed by atoms with van der Waals surface area (Å²) in [5.41, 5.74) is 1.14. The van der Waals surface area contributed by atoms with Crippen LogP contribution in [0.5, 0.6) is 0 Å². The van der Waals surface area contributed by atoms with E-state index in [1.807, 2.05) is 36.4 Å². The fourth-order valence-corrected chi connectivity index (χ4v) is 4.47. The fourth-order valence-electron chi connectivity index (χ4n) is 2.23. The van der Waals surface area contributed by atoms with Gasteiger partial charge in [-0.2, -0.15) is 8.75 Å². The van der Waals surface area contributed by atoms with Crippen molar-refractivity contribution in [2.75, 3.05) is 7.11 Å². The van der Waals surface area contributed by atoms with Gasteiger partial charge in [0.25, 0.3) is 0 Å². The minimum Gasteiger partial charge on any atom is -0.464 e. The van der Waals surface area contributed by atoms with E-state index in [9.17, 15) is 4.79 Å². The molecule has 0 atom stereocenters. The summed E-state index contributed by atoms with van der Waals surface area (Å²) in [6.07, 6.45) is 0. The Hall–Kier alpha value is -1.39. The van der Waals surface area contributed by atoms with Crippen molar-refractivity contribution in [2.45, 2.75) is 6.61 Å². The lowest BCUT2D eigenvalue weighted by Gasteiger charge is -1.95. The highest BCUT2D eigenvalue weighted by Gasteiger charge is 2.14. The predicted octanol–water partition coefficient (Wildman–Crippen LogP) is 5.40. The number of halogens is 2. The van der Waals surface area contributed by atoms with Gasteiger partial charge in [0.1, 0.15) is 0 Å². The van der Waals surface area contributed by atoms with Crippen LogP contribution in [0.4, 0.5) is 0 Å². The first-order valence-corrected chi connectivity index (χ1v) is 10.4. The third kappa shape index (κ3) is 4.12. The Morgan fingerprint density at radius 1 is 1.04 bits per heavy atom. The van der Waals surface area contributed by atoms with Gasteiger partial charge in [-0.25, -0.2) is 4.79 Å². The number of aliphatic hydroxyl groups is 1. The Morgan fingerprint density at radius 2 is 1.62 bits per heavy atom. The van der Waals surface area contributed by atoms with Crippen LogP contribution in [0.1, 0.15) is 16.2 Å². The molecule has 0 bridgehead atoms. The maximum Gasteiger partial charge on any atom is 0.358 e. The van der Waals surface area contributed by atoms with E-state index in [0.29, 0.717) is 5.69 Å². The van der Waals surface area contributed by atoms with Gasteiger partial charge in [0.05, 0.1) is 28.8 Å². The Morgan fingerprint density at radius 3 is 2.23 bits per heavy atom. The standard InChI is InChI=1S/C9H6BrNO2S.C8H6BrNOS/c1-13-9(12)8-6-4-5(10)2-3-7(6)14-11-8;9-5-1-2-8-6(3-5)7(4-11)10-12-8/h2-4H,1H3;1-3,11H,4H2. The molecule has 0 unspecified atom stereocenters. The monoisotopic (exact) mass is 514 g/mol. The Labute approximate surface area is 174 Å². The molecule has 2 heterocycles. The molecule has 0 aliphatic heterocycles. The summed E-state index contributed by atoms with van der Waals surface area (Å²) in [5, 5.41) is 10.8. The molecule has 1 N–H and O–H groups in total. The molecule has 9 heteroatoms. The van der Waals surface area contributed by atoms with Crippen LogP contribution in [0.2, 0.25) is 0 Å². The fraction of sp³-hybridized carbons (Fsp3) is 0.118. The van der Waals surface area contributed by atoms with Gasteiger partial charge < -0.3 is 9.84 Å². The molecule has 0 fully saturated rings. The number of rotatable bonds is 2. The number of carbonyl (C=O) groups is 1. The van der Waals surface area contributed by atoms with Gasteiger partial charge >= 0.3 is 5.97 Å². The molecule has 0 saturated carbocycles. The van der Waals surface area contributed by atoms with Gasteiger partial charge in [-0.3, -0.25) is 0 Å². The number of methoxy groups -OCH3 is 1. The van der Waals surface area contributed by atoms with Crippen LogP contribution >= 0.6 is 54.9 Å². The second-order valence-corrected chi connectivity index (χ2v) is 8.53. The highest BCUT2D eigenvalue weighted by molar-refractivity contribution is 9.10. The summed E-state index contributed by atoms with van der Waals surface area (Å²) in [6, 6.07) is 11.7. The van der Waals surface area contributed by atoms with E-state index in [0.717, 1.165) is 34.8 Å². The number of benzene rings is 2. The minimum absolute atomic E-state index is 0.0104. The lowest BCUT2D eigenvalue weighted by molar-refractivity contribution is 0.0598. The minimum atomic E-state index is -0.394. The van der Waals surface area contributed by atoms with E-state index in [1.54, 1.807) is 0 Å². The molecular formula is C17H12Br2N2O3S2. The van der Waals surface area contributed by atoms with E-state index in [2.05, 4.69) is 45.3 Å². The zero-order chi connectivity index (χ0) is 18.7. The molecule has 134 valence electrons. The molecule has 0 amide bonds. The first kappa shape index (κ1) is 19.4. The van der Waals surface area contributed by atoms with Crippen molar-refractivity contribution in [1.82, 2.24) is 8.75 Å². The number of hydrogen-bond donors (Lipinski definition) is 1. The molecule has 2 aromatic heterocycles. The summed E-state index contributed by atoms with van der Waals surface area (Å²) >= 11 is 9.43. The zero-order valence-electron chi connectivity index (χ0n) is 13.4. The van der Waals surface area contributed by atoms with Crippen molar-refractivity contribution in [1.29, 1.82) is 0 Å². The molecule has 26 heavy (non-hydrogen) atoms. The second kappa shape index (κ2) is 8.53. The largest absolute Gasteiger partial charge is 0.464 e. The summed E-state index contributed by atoms with van der Waals surface area (Å²) in [5.74, 6) is -0.394. The van der Waals surface area contributed by atoms with E-state index in [-0.39, 0.29) is 6.61 Å². The molecule has 0 aliphatic carbocycles. The quantitative estimate of drug-likeness (QED) is 0.362. The lowest BCUT2D eigenvalue weighted by Crippen LogP contribution is -2.01. The smallest absolute Gasteiger partial charge is 0.358 e. The summed E-state index contributed by atoms with van der Waals surface area (Å²) in [7, 11) is 1.35. The molecule has 0 aliphatic rings. The highest BCUT2D eigenvalue weighted by atomic mass is 79.9. The first-order valence-electron chi connectivity index (χ1n) is 7.31. The molecule has 0 saturated heterocycles. The number of carbonyl (C=O) groups excluding carboxylic acids is 1. The molecule has 5 nitrogen and oxygen atoms in total. The summed E-state index contributed by atoms with van der Waals surface area (Å²) in [4.78, 5) is 11.3. The van der Waals surface area contributed by atoms with Crippen molar-refractivity contribution in [3.05, 3.63) is 56.7 Å². The number of fused-ring (bicyclic) bond motifs is 2. The predicted molar refractivity (Wildman–Crippen MR) is 112 cm³/mol. The van der Waals surface area contributed by atoms with Crippen molar-refractivity contribution in [3.8, 4) is 0 Å². The van der Waals surface area contributed by atoms with Gasteiger partial charge in [-0.15, -0.1) is 0 Å². The number of esters is 1. The normalized spacial score (nSPS) is 10.6. The Kier molecular flexibility index (Phi) is 6.36. The highest BCUT2D eigenvalue weighted by Crippen LogP contribution is 2.27. The number of aromatic nitrogens is 2. The lowest BCUT2D eigenvalue weighted by atomic mass is 10.2. The van der Waals surface area contributed by atoms with E-state index in [1.165, 1.54) is 30.2 Å². The maximum atomic E-state index is 11.3. The van der Waals surface area contributed by atoms with Crippen LogP contribution in [0.15, 0.2) is 45.3 Å². The van der Waals surface area contributed by atoms with E-state index in [4.69, 9.17) is 5.11 Å². The van der Waals surface area contributed by atoms with Gasteiger partial charge in [0.15, 0.2) is 5.69 Å². The van der Waals surface area contributed by atoms with Gasteiger partial charge in [0, 0.05) is 19.7 Å². The van der Waals surface area contributed by atoms with Crippen LogP contribution in [0.25, 0.3) is 20.2 Å². The SMILES string of the molecule is COC(=O)c1nsc2ccc(Br)cc12.OCc1nsc2ccc(Br)cc12. The Bertz CT molecular complexity index is 1080. The van der Waals surface area contributed by atoms with E-state index >= 15 is 0 Å². The summed E-state index contributed by atoms with van der Waals surface area (Å²) < 4.78 is 16.8.